The molecule has 1 atom stereocenters. The van der Waals surface area contributed by atoms with Gasteiger partial charge in [0.25, 0.3) is 0 Å². The lowest BCUT2D eigenvalue weighted by atomic mass is 10.1. The van der Waals surface area contributed by atoms with Gasteiger partial charge < -0.3 is 4.79 Å². The highest BCUT2D eigenvalue weighted by atomic mass is 16.1. The number of nitrogens with one attached hydrogen (secondary N) is 2. The molecule has 1 aliphatic rings. The highest BCUT2D eigenvalue weighted by molar-refractivity contribution is 5.53. The Morgan fingerprint density at radius 2 is 2.38 bits per heavy atom. The third-order valence-corrected chi connectivity index (χ3v) is 1.32. The van der Waals surface area contributed by atoms with Crippen molar-refractivity contribution in [1.82, 2.24) is 10.9 Å². The van der Waals surface area contributed by atoms with Crippen LogP contribution in [0.4, 0.5) is 0 Å². The van der Waals surface area contributed by atoms with Gasteiger partial charge in [0.05, 0.1) is 0 Å². The molecule has 0 aromatic heterocycles. The fourth-order valence-corrected chi connectivity index (χ4v) is 0.767. The minimum Gasteiger partial charge on any atom is -0.303 e. The second-order valence-corrected chi connectivity index (χ2v) is 1.99. The molecule has 1 unspecified atom stereocenters. The molecule has 0 amide bonds. The second kappa shape index (κ2) is 2.79. The quantitative estimate of drug-likeness (QED) is 0.443. The Hall–Kier alpha value is -0.410. The van der Waals surface area contributed by atoms with Crippen molar-refractivity contribution in [3.63, 3.8) is 0 Å². The predicted octanol–water partition coefficient (Wildman–Crippen LogP) is -0.701. The molecule has 0 radical (unpaired) electrons. The first kappa shape index (κ1) is 5.72. The molecule has 8 heavy (non-hydrogen) atoms. The molecule has 2 N–H and O–H groups in total. The summed E-state index contributed by atoms with van der Waals surface area (Å²) in [5.74, 6) is 0.233. The molecule has 46 valence electrons. The van der Waals surface area contributed by atoms with Gasteiger partial charge in [-0.25, -0.2) is 0 Å². The van der Waals surface area contributed by atoms with Crippen molar-refractivity contribution in [3.05, 3.63) is 0 Å². The normalized spacial score (nSPS) is 29.8. The Morgan fingerprint density at radius 3 is 2.75 bits per heavy atom. The van der Waals surface area contributed by atoms with Crippen LogP contribution < -0.4 is 10.9 Å². The molecule has 0 aromatic carbocycles. The Balaban J connectivity index is 2.22. The SMILES string of the molecule is O=CC1CCNNC1. The zero-order valence-corrected chi connectivity index (χ0v) is 4.68. The zero-order chi connectivity index (χ0) is 5.82. The molecule has 0 aliphatic carbocycles. The van der Waals surface area contributed by atoms with Gasteiger partial charge in [0.15, 0.2) is 0 Å². The lowest BCUT2D eigenvalue weighted by Gasteiger charge is -2.17. The molecule has 1 rings (SSSR count). The highest BCUT2D eigenvalue weighted by Gasteiger charge is 2.09. The van der Waals surface area contributed by atoms with E-state index in [4.69, 9.17) is 0 Å². The van der Waals surface area contributed by atoms with Gasteiger partial charge in [-0.1, -0.05) is 0 Å². The first-order valence-corrected chi connectivity index (χ1v) is 2.84. The number of hydrogen-bond donors (Lipinski definition) is 2. The van der Waals surface area contributed by atoms with Gasteiger partial charge in [0, 0.05) is 19.0 Å². The lowest BCUT2D eigenvalue weighted by molar-refractivity contribution is -0.111. The first-order valence-electron chi connectivity index (χ1n) is 2.84. The van der Waals surface area contributed by atoms with Crippen LogP contribution in [0.1, 0.15) is 6.42 Å². The van der Waals surface area contributed by atoms with Gasteiger partial charge in [0.2, 0.25) is 0 Å². The third kappa shape index (κ3) is 1.28. The van der Waals surface area contributed by atoms with Crippen molar-refractivity contribution in [1.29, 1.82) is 0 Å². The average Bonchev–Trinajstić information content (AvgIpc) is 1.90. The summed E-state index contributed by atoms with van der Waals surface area (Å²) in [6.45, 7) is 1.69. The molecule has 3 heteroatoms. The van der Waals surface area contributed by atoms with Gasteiger partial charge in [-0.2, -0.15) is 0 Å². The van der Waals surface area contributed by atoms with Crippen LogP contribution in [0.2, 0.25) is 0 Å². The Labute approximate surface area is 48.4 Å². The topological polar surface area (TPSA) is 41.1 Å². The summed E-state index contributed by atoms with van der Waals surface area (Å²) in [5, 5.41) is 0. The van der Waals surface area contributed by atoms with Crippen LogP contribution in [0.3, 0.4) is 0 Å². The summed E-state index contributed by atoms with van der Waals surface area (Å²) in [5.41, 5.74) is 5.84. The molecule has 0 bridgehead atoms. The van der Waals surface area contributed by atoms with Crippen LogP contribution in [0.5, 0.6) is 0 Å². The minimum absolute atomic E-state index is 0.233. The van der Waals surface area contributed by atoms with E-state index in [2.05, 4.69) is 10.9 Å². The van der Waals surface area contributed by atoms with E-state index in [1.165, 1.54) is 0 Å². The summed E-state index contributed by atoms with van der Waals surface area (Å²) >= 11 is 0. The fourth-order valence-electron chi connectivity index (χ4n) is 0.767. The predicted molar refractivity (Wildman–Crippen MR) is 30.2 cm³/mol. The fraction of sp³-hybridized carbons (Fsp3) is 0.800. The molecule has 1 saturated heterocycles. The van der Waals surface area contributed by atoms with Crippen molar-refractivity contribution < 1.29 is 4.79 Å². The standard InChI is InChI=1S/C5H10N2O/c8-4-5-1-2-6-7-3-5/h4-7H,1-3H2. The van der Waals surface area contributed by atoms with Crippen LogP contribution >= 0.6 is 0 Å². The number of hydrogen-bond acceptors (Lipinski definition) is 3. The molecular formula is C5H10N2O. The lowest BCUT2D eigenvalue weighted by Crippen LogP contribution is -2.43. The molecule has 3 nitrogen and oxygen atoms in total. The molecule has 1 fully saturated rings. The first-order chi connectivity index (χ1) is 3.93. The number of carbonyl (C=O) groups excluding carboxylic acids is 1. The molecule has 1 aliphatic heterocycles. The van der Waals surface area contributed by atoms with E-state index in [-0.39, 0.29) is 5.92 Å². The second-order valence-electron chi connectivity index (χ2n) is 1.99. The van der Waals surface area contributed by atoms with Gasteiger partial charge in [-0.05, 0) is 6.42 Å². The van der Waals surface area contributed by atoms with E-state index in [1.807, 2.05) is 0 Å². The maximum Gasteiger partial charge on any atom is 0.124 e. The summed E-state index contributed by atoms with van der Waals surface area (Å²) in [6, 6.07) is 0. The van der Waals surface area contributed by atoms with E-state index in [0.717, 1.165) is 25.8 Å². The van der Waals surface area contributed by atoms with Crippen molar-refractivity contribution >= 4 is 6.29 Å². The van der Waals surface area contributed by atoms with Crippen molar-refractivity contribution in [3.8, 4) is 0 Å². The van der Waals surface area contributed by atoms with Crippen LogP contribution in [0, 0.1) is 5.92 Å². The number of hydrazine groups is 1. The highest BCUT2D eigenvalue weighted by Crippen LogP contribution is 1.97. The zero-order valence-electron chi connectivity index (χ0n) is 4.68. The maximum absolute atomic E-state index is 10.1. The van der Waals surface area contributed by atoms with Crippen molar-refractivity contribution in [2.24, 2.45) is 5.92 Å². The molecule has 0 aromatic rings. The Bertz CT molecular complexity index is 78.5. The van der Waals surface area contributed by atoms with E-state index in [9.17, 15) is 4.79 Å². The molecule has 0 saturated carbocycles. The van der Waals surface area contributed by atoms with E-state index < -0.39 is 0 Å². The number of rotatable bonds is 1. The van der Waals surface area contributed by atoms with Gasteiger partial charge in [-0.3, -0.25) is 10.9 Å². The van der Waals surface area contributed by atoms with Crippen LogP contribution in [0.15, 0.2) is 0 Å². The monoisotopic (exact) mass is 114 g/mol. The van der Waals surface area contributed by atoms with Gasteiger partial charge in [-0.15, -0.1) is 0 Å². The smallest absolute Gasteiger partial charge is 0.124 e. The molecular weight excluding hydrogens is 104 g/mol. The Kier molecular flexibility index (Phi) is 2.00. The third-order valence-electron chi connectivity index (χ3n) is 1.32. The summed E-state index contributed by atoms with van der Waals surface area (Å²) in [4.78, 5) is 10.1. The number of aldehydes is 1. The van der Waals surface area contributed by atoms with Gasteiger partial charge >= 0.3 is 0 Å². The van der Waals surface area contributed by atoms with E-state index in [0.29, 0.717) is 0 Å². The molecule has 0 spiro atoms. The summed E-state index contributed by atoms with van der Waals surface area (Å²) in [6.07, 6.45) is 1.98. The van der Waals surface area contributed by atoms with E-state index >= 15 is 0 Å². The average molecular weight is 114 g/mol. The Morgan fingerprint density at radius 1 is 1.50 bits per heavy atom. The van der Waals surface area contributed by atoms with E-state index in [1.54, 1.807) is 0 Å². The molecule has 1 heterocycles. The summed E-state index contributed by atoms with van der Waals surface area (Å²) in [7, 11) is 0. The van der Waals surface area contributed by atoms with Crippen molar-refractivity contribution in [2.75, 3.05) is 13.1 Å². The van der Waals surface area contributed by atoms with Crippen LogP contribution in [-0.2, 0) is 4.79 Å². The largest absolute Gasteiger partial charge is 0.303 e. The number of carbonyl (C=O) groups is 1. The van der Waals surface area contributed by atoms with Crippen LogP contribution in [-0.4, -0.2) is 19.4 Å². The van der Waals surface area contributed by atoms with Crippen molar-refractivity contribution in [2.45, 2.75) is 6.42 Å². The van der Waals surface area contributed by atoms with Gasteiger partial charge in [0.1, 0.15) is 6.29 Å². The van der Waals surface area contributed by atoms with Crippen LogP contribution in [0.25, 0.3) is 0 Å². The maximum atomic E-state index is 10.1. The minimum atomic E-state index is 0.233. The summed E-state index contributed by atoms with van der Waals surface area (Å²) < 4.78 is 0.